The zero-order chi connectivity index (χ0) is 20.2. The molecule has 1 aromatic carbocycles. The molecule has 152 valence electrons. The summed E-state index contributed by atoms with van der Waals surface area (Å²) in [6.07, 6.45) is 1.95. The van der Waals surface area contributed by atoms with E-state index < -0.39 is 23.9 Å². The number of nitrogens with one attached hydrogen (secondary N) is 1. The highest BCUT2D eigenvalue weighted by Crippen LogP contribution is 2.42. The predicted octanol–water partition coefficient (Wildman–Crippen LogP) is 1.12. The fourth-order valence-corrected chi connectivity index (χ4v) is 4.82. The maximum absolute atomic E-state index is 13.9. The lowest BCUT2D eigenvalue weighted by molar-refractivity contribution is -1.01. The van der Waals surface area contributed by atoms with Crippen LogP contribution in [0, 0.1) is 0 Å². The Labute approximate surface area is 165 Å². The van der Waals surface area contributed by atoms with Gasteiger partial charge in [0, 0.05) is 31.9 Å². The molecule has 1 aromatic rings. The molecule has 7 heteroatoms. The number of esters is 1. The Balaban J connectivity index is 1.91. The predicted molar refractivity (Wildman–Crippen MR) is 101 cm³/mol. The van der Waals surface area contributed by atoms with E-state index in [1.807, 2.05) is 30.3 Å². The first-order valence-electron chi connectivity index (χ1n) is 9.67. The van der Waals surface area contributed by atoms with Gasteiger partial charge in [-0.15, -0.1) is 0 Å². The summed E-state index contributed by atoms with van der Waals surface area (Å²) in [5.74, 6) is -0.344. The molecule has 4 atom stereocenters. The van der Waals surface area contributed by atoms with Crippen molar-refractivity contribution in [3.05, 3.63) is 48.6 Å². The van der Waals surface area contributed by atoms with E-state index in [0.29, 0.717) is 32.4 Å². The summed E-state index contributed by atoms with van der Waals surface area (Å²) in [6.45, 7) is 4.76. The highest BCUT2D eigenvalue weighted by atomic mass is 16.5. The number of hydrogen-bond donors (Lipinski definition) is 1. The summed E-state index contributed by atoms with van der Waals surface area (Å²) in [5, 5.41) is 16.7. The standard InChI is InChI=1S/C21H28N2O5/c1-3-14-28-20(26)22-21(15-16-8-5-4-6-9-16)11-13-23(19(21)25)12-7-10-17(23)18(24)27-2/h3-6,8-9,17,19H,1,7,10-15H2,2H3,(H,22,26)/t17-,19?,21-,23?/m0/s1. The lowest BCUT2D eigenvalue weighted by Crippen LogP contribution is -2.71. The Morgan fingerprint density at radius 2 is 2.11 bits per heavy atom. The van der Waals surface area contributed by atoms with Crippen LogP contribution in [0.3, 0.4) is 0 Å². The molecule has 3 rings (SSSR count). The van der Waals surface area contributed by atoms with Gasteiger partial charge in [0.2, 0.25) is 0 Å². The average Bonchev–Trinajstić information content (AvgIpc) is 3.25. The third kappa shape index (κ3) is 3.64. The number of carbonyl (C=O) groups is 2. The number of alkyl carbamates (subject to hydrolysis) is 1. The molecule has 2 aliphatic rings. The molecule has 0 aromatic heterocycles. The largest absolute Gasteiger partial charge is 0.804 e. The van der Waals surface area contributed by atoms with Gasteiger partial charge in [0.05, 0.1) is 25.7 Å². The van der Waals surface area contributed by atoms with Crippen LogP contribution >= 0.6 is 0 Å². The highest BCUT2D eigenvalue weighted by Gasteiger charge is 2.59. The van der Waals surface area contributed by atoms with Crippen molar-refractivity contribution in [3.63, 3.8) is 0 Å². The van der Waals surface area contributed by atoms with Gasteiger partial charge in [-0.1, -0.05) is 43.0 Å². The van der Waals surface area contributed by atoms with Gasteiger partial charge in [-0.05, 0) is 5.56 Å². The Morgan fingerprint density at radius 1 is 1.36 bits per heavy atom. The molecule has 2 heterocycles. The van der Waals surface area contributed by atoms with Crippen LogP contribution in [0.1, 0.15) is 24.8 Å². The zero-order valence-corrected chi connectivity index (χ0v) is 16.3. The summed E-state index contributed by atoms with van der Waals surface area (Å²) in [6, 6.07) is 9.13. The van der Waals surface area contributed by atoms with Crippen molar-refractivity contribution in [2.45, 2.75) is 43.5 Å². The minimum Gasteiger partial charge on any atom is -0.804 e. The minimum absolute atomic E-state index is 0.0710. The topological polar surface area (TPSA) is 87.7 Å². The molecule has 2 fully saturated rings. The molecule has 2 saturated heterocycles. The van der Waals surface area contributed by atoms with Crippen molar-refractivity contribution in [1.29, 1.82) is 0 Å². The van der Waals surface area contributed by atoms with E-state index in [9.17, 15) is 14.7 Å². The number of ether oxygens (including phenoxy) is 2. The molecule has 1 amide bonds. The monoisotopic (exact) mass is 388 g/mol. The van der Waals surface area contributed by atoms with Crippen LogP contribution in [0.25, 0.3) is 0 Å². The molecule has 28 heavy (non-hydrogen) atoms. The molecule has 0 saturated carbocycles. The smallest absolute Gasteiger partial charge is 0.408 e. The lowest BCUT2D eigenvalue weighted by Gasteiger charge is -2.49. The van der Waals surface area contributed by atoms with E-state index in [1.54, 1.807) is 0 Å². The van der Waals surface area contributed by atoms with Crippen LogP contribution in [0.2, 0.25) is 0 Å². The average molecular weight is 388 g/mol. The van der Waals surface area contributed by atoms with Gasteiger partial charge in [0.15, 0.2) is 6.04 Å². The second-order valence-corrected chi connectivity index (χ2v) is 7.66. The molecule has 2 unspecified atom stereocenters. The fourth-order valence-electron chi connectivity index (χ4n) is 4.82. The first-order valence-corrected chi connectivity index (χ1v) is 9.67. The first kappa shape index (κ1) is 20.4. The van der Waals surface area contributed by atoms with Gasteiger partial charge in [-0.25, -0.2) is 9.59 Å². The van der Waals surface area contributed by atoms with E-state index in [2.05, 4.69) is 11.9 Å². The SMILES string of the molecule is C=CCOC(=O)N[C@]1(Cc2ccccc2)CC[N+]2(CCC[C@H]2C(=O)OC)C1[O-]. The van der Waals surface area contributed by atoms with Crippen LogP contribution in [0.15, 0.2) is 43.0 Å². The van der Waals surface area contributed by atoms with E-state index in [1.165, 1.54) is 13.2 Å². The number of carbonyl (C=O) groups excluding carboxylic acids is 2. The van der Waals surface area contributed by atoms with Gasteiger partial charge in [0.25, 0.3) is 0 Å². The van der Waals surface area contributed by atoms with E-state index >= 15 is 0 Å². The number of amides is 1. The van der Waals surface area contributed by atoms with Crippen molar-refractivity contribution in [3.8, 4) is 0 Å². The summed E-state index contributed by atoms with van der Waals surface area (Å²) in [4.78, 5) is 24.7. The third-order valence-electron chi connectivity index (χ3n) is 6.11. The van der Waals surface area contributed by atoms with Gasteiger partial charge in [-0.2, -0.15) is 0 Å². The molecule has 0 radical (unpaired) electrons. The van der Waals surface area contributed by atoms with Gasteiger partial charge >= 0.3 is 12.1 Å². The molecule has 7 nitrogen and oxygen atoms in total. The number of quaternary nitrogens is 1. The first-order chi connectivity index (χ1) is 13.5. The third-order valence-corrected chi connectivity index (χ3v) is 6.11. The highest BCUT2D eigenvalue weighted by molar-refractivity contribution is 5.74. The molecule has 1 spiro atoms. The Morgan fingerprint density at radius 3 is 2.79 bits per heavy atom. The Bertz CT molecular complexity index is 725. The summed E-state index contributed by atoms with van der Waals surface area (Å²) < 4.78 is 10.2. The molecular weight excluding hydrogens is 360 g/mol. The van der Waals surface area contributed by atoms with Gasteiger partial charge in [0.1, 0.15) is 6.61 Å². The minimum atomic E-state index is -1.18. The van der Waals surface area contributed by atoms with Crippen molar-refractivity contribution in [2.24, 2.45) is 0 Å². The Kier molecular flexibility index (Phi) is 6.05. The van der Waals surface area contributed by atoms with Crippen molar-refractivity contribution in [2.75, 3.05) is 26.8 Å². The number of nitrogens with zero attached hydrogens (tertiary/aromatic N) is 1. The molecular formula is C21H28N2O5. The number of methoxy groups -OCH3 is 1. The zero-order valence-electron chi connectivity index (χ0n) is 16.3. The van der Waals surface area contributed by atoms with Crippen molar-refractivity contribution >= 4 is 12.1 Å². The fraction of sp³-hybridized carbons (Fsp3) is 0.524. The van der Waals surface area contributed by atoms with E-state index in [-0.39, 0.29) is 17.1 Å². The number of rotatable bonds is 6. The van der Waals surface area contributed by atoms with Gasteiger partial charge < -0.3 is 24.4 Å². The van der Waals surface area contributed by atoms with Crippen LogP contribution in [0.5, 0.6) is 0 Å². The molecule has 1 N–H and O–H groups in total. The molecule has 2 aliphatic heterocycles. The van der Waals surface area contributed by atoms with Crippen molar-refractivity contribution < 1.29 is 28.7 Å². The maximum atomic E-state index is 13.9. The number of benzene rings is 1. The summed E-state index contributed by atoms with van der Waals surface area (Å²) in [7, 11) is 1.36. The second-order valence-electron chi connectivity index (χ2n) is 7.66. The van der Waals surface area contributed by atoms with Crippen molar-refractivity contribution in [1.82, 2.24) is 5.32 Å². The Hall–Kier alpha value is -2.38. The van der Waals surface area contributed by atoms with Crippen LogP contribution in [-0.4, -0.2) is 61.2 Å². The quantitative estimate of drug-likeness (QED) is 0.448. The molecule has 0 aliphatic carbocycles. The summed E-state index contributed by atoms with van der Waals surface area (Å²) in [5.41, 5.74) is -0.0721. The normalized spacial score (nSPS) is 31.5. The lowest BCUT2D eigenvalue weighted by atomic mass is 9.88. The van der Waals surface area contributed by atoms with Crippen LogP contribution in [-0.2, 0) is 20.7 Å². The van der Waals surface area contributed by atoms with Crippen LogP contribution < -0.4 is 10.4 Å². The van der Waals surface area contributed by atoms with E-state index in [0.717, 1.165) is 12.0 Å². The maximum Gasteiger partial charge on any atom is 0.408 e. The van der Waals surface area contributed by atoms with E-state index in [4.69, 9.17) is 9.47 Å². The van der Waals surface area contributed by atoms with Crippen LogP contribution in [0.4, 0.5) is 4.79 Å². The summed E-state index contributed by atoms with van der Waals surface area (Å²) >= 11 is 0. The second kappa shape index (κ2) is 8.32. The molecule has 0 bridgehead atoms. The van der Waals surface area contributed by atoms with Gasteiger partial charge in [-0.3, -0.25) is 0 Å². The number of hydrogen-bond acceptors (Lipinski definition) is 5.